The van der Waals surface area contributed by atoms with Crippen LogP contribution in [0.4, 0.5) is 4.39 Å². The fourth-order valence-electron chi connectivity index (χ4n) is 2.14. The molecule has 128 valence electrons. The molecule has 0 aliphatic rings. The van der Waals surface area contributed by atoms with Crippen molar-refractivity contribution in [2.24, 2.45) is 0 Å². The van der Waals surface area contributed by atoms with Gasteiger partial charge in [0.05, 0.1) is 13.2 Å². The van der Waals surface area contributed by atoms with Gasteiger partial charge in [-0.2, -0.15) is 0 Å². The molecule has 1 atom stereocenters. The van der Waals surface area contributed by atoms with Crippen LogP contribution in [0.5, 0.6) is 11.5 Å². The number of amides is 1. The summed E-state index contributed by atoms with van der Waals surface area (Å²) in [6.07, 6.45) is -0.322. The fourth-order valence-corrected chi connectivity index (χ4v) is 2.14. The van der Waals surface area contributed by atoms with Crippen LogP contribution in [-0.4, -0.2) is 33.3 Å². The number of carbonyl (C=O) groups is 1. The molecule has 24 heavy (non-hydrogen) atoms. The number of para-hydroxylation sites is 1. The minimum atomic E-state index is -0.503. The van der Waals surface area contributed by atoms with Crippen molar-refractivity contribution in [1.82, 2.24) is 5.32 Å². The Morgan fingerprint density at radius 3 is 2.67 bits per heavy atom. The van der Waals surface area contributed by atoms with Gasteiger partial charge in [0.2, 0.25) is 0 Å². The van der Waals surface area contributed by atoms with E-state index in [-0.39, 0.29) is 30.9 Å². The highest BCUT2D eigenvalue weighted by atomic mass is 19.1. The third-order valence-corrected chi connectivity index (χ3v) is 3.43. The summed E-state index contributed by atoms with van der Waals surface area (Å²) in [4.78, 5) is 11.9. The predicted molar refractivity (Wildman–Crippen MR) is 87.6 cm³/mol. The topological polar surface area (TPSA) is 56.8 Å². The number of ether oxygens (including phenoxy) is 3. The molecule has 0 saturated heterocycles. The molecule has 2 aromatic carbocycles. The van der Waals surface area contributed by atoms with Gasteiger partial charge in [-0.3, -0.25) is 4.79 Å². The average Bonchev–Trinajstić information content (AvgIpc) is 2.61. The maximum Gasteiger partial charge on any atom is 0.258 e. The number of nitrogens with one attached hydrogen (secondary N) is 1. The normalized spacial score (nSPS) is 11.6. The van der Waals surface area contributed by atoms with Crippen LogP contribution in [0.25, 0.3) is 0 Å². The molecule has 1 N–H and O–H groups in total. The molecule has 0 spiro atoms. The van der Waals surface area contributed by atoms with Crippen molar-refractivity contribution < 1.29 is 23.4 Å². The van der Waals surface area contributed by atoms with Crippen LogP contribution in [0.2, 0.25) is 0 Å². The summed E-state index contributed by atoms with van der Waals surface area (Å²) in [6, 6.07) is 13.3. The van der Waals surface area contributed by atoms with Gasteiger partial charge in [0.25, 0.3) is 5.91 Å². The van der Waals surface area contributed by atoms with Crippen LogP contribution in [0.1, 0.15) is 11.7 Å². The van der Waals surface area contributed by atoms with Crippen molar-refractivity contribution >= 4 is 5.91 Å². The molecular formula is C18H20FNO4. The largest absolute Gasteiger partial charge is 0.497 e. The third-order valence-electron chi connectivity index (χ3n) is 3.43. The summed E-state index contributed by atoms with van der Waals surface area (Å²) < 4.78 is 29.1. The molecule has 0 radical (unpaired) electrons. The van der Waals surface area contributed by atoms with Crippen LogP contribution in [0.3, 0.4) is 0 Å². The van der Waals surface area contributed by atoms with Crippen molar-refractivity contribution in [3.05, 3.63) is 59.9 Å². The Morgan fingerprint density at radius 1 is 1.17 bits per heavy atom. The first-order valence-corrected chi connectivity index (χ1v) is 7.44. The number of halogens is 1. The lowest BCUT2D eigenvalue weighted by Gasteiger charge is -2.17. The lowest BCUT2D eigenvalue weighted by molar-refractivity contribution is -0.123. The lowest BCUT2D eigenvalue weighted by Crippen LogP contribution is -2.33. The van der Waals surface area contributed by atoms with Gasteiger partial charge in [-0.25, -0.2) is 4.39 Å². The molecule has 0 aromatic heterocycles. The molecule has 0 heterocycles. The Labute approximate surface area is 140 Å². The van der Waals surface area contributed by atoms with Gasteiger partial charge in [0.1, 0.15) is 5.75 Å². The highest BCUT2D eigenvalue weighted by Crippen LogP contribution is 2.21. The summed E-state index contributed by atoms with van der Waals surface area (Å²) >= 11 is 0. The zero-order chi connectivity index (χ0) is 17.4. The van der Waals surface area contributed by atoms with Gasteiger partial charge in [0.15, 0.2) is 18.2 Å². The SMILES string of the molecule is COc1cccc(C(CNC(=O)COc2ccccc2F)OC)c1. The summed E-state index contributed by atoms with van der Waals surface area (Å²) in [7, 11) is 3.15. The van der Waals surface area contributed by atoms with Crippen molar-refractivity contribution in [3.63, 3.8) is 0 Å². The highest BCUT2D eigenvalue weighted by molar-refractivity contribution is 5.77. The number of methoxy groups -OCH3 is 2. The molecule has 1 unspecified atom stereocenters. The number of benzene rings is 2. The summed E-state index contributed by atoms with van der Waals surface area (Å²) in [5, 5.41) is 2.71. The Hall–Kier alpha value is -2.60. The van der Waals surface area contributed by atoms with E-state index in [1.54, 1.807) is 26.4 Å². The quantitative estimate of drug-likeness (QED) is 0.807. The first-order valence-electron chi connectivity index (χ1n) is 7.44. The standard InChI is InChI=1S/C18H20FNO4/c1-22-14-7-5-6-13(10-14)17(23-2)11-20-18(21)12-24-16-9-4-3-8-15(16)19/h3-10,17H,11-12H2,1-2H3,(H,20,21). The molecule has 0 fully saturated rings. The zero-order valence-electron chi connectivity index (χ0n) is 13.6. The van der Waals surface area contributed by atoms with Crippen LogP contribution >= 0.6 is 0 Å². The maximum absolute atomic E-state index is 13.4. The molecule has 2 aromatic rings. The van der Waals surface area contributed by atoms with E-state index in [9.17, 15) is 9.18 Å². The molecule has 0 aliphatic carbocycles. The van der Waals surface area contributed by atoms with E-state index in [0.717, 1.165) is 5.56 Å². The van der Waals surface area contributed by atoms with Crippen molar-refractivity contribution in [2.75, 3.05) is 27.4 Å². The summed E-state index contributed by atoms with van der Waals surface area (Å²) in [5.41, 5.74) is 0.882. The molecule has 5 nitrogen and oxygen atoms in total. The van der Waals surface area contributed by atoms with E-state index >= 15 is 0 Å². The Morgan fingerprint density at radius 2 is 1.96 bits per heavy atom. The number of hydrogen-bond donors (Lipinski definition) is 1. The molecule has 2 rings (SSSR count). The van der Waals surface area contributed by atoms with Gasteiger partial charge in [-0.05, 0) is 29.8 Å². The van der Waals surface area contributed by atoms with E-state index in [4.69, 9.17) is 14.2 Å². The van der Waals surface area contributed by atoms with Gasteiger partial charge < -0.3 is 19.5 Å². The number of rotatable bonds is 8. The van der Waals surface area contributed by atoms with E-state index < -0.39 is 5.82 Å². The monoisotopic (exact) mass is 333 g/mol. The van der Waals surface area contributed by atoms with Crippen LogP contribution in [0, 0.1) is 5.82 Å². The molecule has 1 amide bonds. The van der Waals surface area contributed by atoms with E-state index in [0.29, 0.717) is 5.75 Å². The molecule has 0 aliphatic heterocycles. The Bertz CT molecular complexity index is 678. The smallest absolute Gasteiger partial charge is 0.258 e. The molecule has 0 saturated carbocycles. The first kappa shape index (κ1) is 17.7. The second-order valence-corrected chi connectivity index (χ2v) is 5.02. The second-order valence-electron chi connectivity index (χ2n) is 5.02. The number of hydrogen-bond acceptors (Lipinski definition) is 4. The highest BCUT2D eigenvalue weighted by Gasteiger charge is 2.13. The molecule has 0 bridgehead atoms. The molecule has 6 heteroatoms. The van der Waals surface area contributed by atoms with E-state index in [2.05, 4.69) is 5.32 Å². The average molecular weight is 333 g/mol. The zero-order valence-corrected chi connectivity index (χ0v) is 13.6. The van der Waals surface area contributed by atoms with E-state index in [1.165, 1.54) is 12.1 Å². The van der Waals surface area contributed by atoms with Crippen molar-refractivity contribution in [1.29, 1.82) is 0 Å². The first-order chi connectivity index (χ1) is 11.6. The fraction of sp³-hybridized carbons (Fsp3) is 0.278. The molecular weight excluding hydrogens is 313 g/mol. The third kappa shape index (κ3) is 4.96. The van der Waals surface area contributed by atoms with Crippen molar-refractivity contribution in [3.8, 4) is 11.5 Å². The maximum atomic E-state index is 13.4. The van der Waals surface area contributed by atoms with Crippen molar-refractivity contribution in [2.45, 2.75) is 6.10 Å². The van der Waals surface area contributed by atoms with Crippen LogP contribution in [0.15, 0.2) is 48.5 Å². The van der Waals surface area contributed by atoms with E-state index in [1.807, 2.05) is 24.3 Å². The number of carbonyl (C=O) groups excluding carboxylic acids is 1. The summed E-state index contributed by atoms with van der Waals surface area (Å²) in [6.45, 7) is -0.00138. The second kappa shape index (κ2) is 8.88. The van der Waals surface area contributed by atoms with Crippen LogP contribution in [-0.2, 0) is 9.53 Å². The van der Waals surface area contributed by atoms with Gasteiger partial charge in [0, 0.05) is 13.7 Å². The Kier molecular flexibility index (Phi) is 6.57. The van der Waals surface area contributed by atoms with Gasteiger partial charge in [-0.1, -0.05) is 24.3 Å². The lowest BCUT2D eigenvalue weighted by atomic mass is 10.1. The minimum absolute atomic E-state index is 0.0451. The minimum Gasteiger partial charge on any atom is -0.497 e. The Balaban J connectivity index is 1.86. The summed E-state index contributed by atoms with van der Waals surface area (Å²) in [5.74, 6) is -0.104. The van der Waals surface area contributed by atoms with Gasteiger partial charge >= 0.3 is 0 Å². The predicted octanol–water partition coefficient (Wildman–Crippen LogP) is 2.72. The van der Waals surface area contributed by atoms with Crippen LogP contribution < -0.4 is 14.8 Å². The van der Waals surface area contributed by atoms with Gasteiger partial charge in [-0.15, -0.1) is 0 Å².